The van der Waals surface area contributed by atoms with Crippen molar-refractivity contribution in [1.29, 1.82) is 0 Å². The molecule has 6 heteroatoms. The van der Waals surface area contributed by atoms with Crippen LogP contribution < -0.4 is 10.0 Å². The van der Waals surface area contributed by atoms with E-state index in [-0.39, 0.29) is 10.8 Å². The van der Waals surface area contributed by atoms with Gasteiger partial charge in [-0.15, -0.1) is 0 Å². The summed E-state index contributed by atoms with van der Waals surface area (Å²) in [6.45, 7) is 0.766. The Bertz CT molecular complexity index is 937. The second-order valence-corrected chi connectivity index (χ2v) is 8.72. The van der Waals surface area contributed by atoms with Gasteiger partial charge in [0.05, 0.1) is 4.90 Å². The van der Waals surface area contributed by atoms with Crippen molar-refractivity contribution in [3.63, 3.8) is 0 Å². The van der Waals surface area contributed by atoms with E-state index in [1.807, 2.05) is 30.3 Å². The van der Waals surface area contributed by atoms with Crippen LogP contribution in [0.15, 0.2) is 71.1 Å². The van der Waals surface area contributed by atoms with Crippen LogP contribution in [0.4, 0.5) is 0 Å². The van der Waals surface area contributed by atoms with Crippen molar-refractivity contribution in [2.24, 2.45) is 0 Å². The lowest BCUT2D eigenvalue weighted by Gasteiger charge is -2.13. The first kappa shape index (κ1) is 20.3. The van der Waals surface area contributed by atoms with Gasteiger partial charge in [-0.05, 0) is 55.9 Å². The Morgan fingerprint density at radius 1 is 1.00 bits per heavy atom. The summed E-state index contributed by atoms with van der Waals surface area (Å²) in [5.74, 6) is -0.298. The highest BCUT2D eigenvalue weighted by Gasteiger charge is 2.16. The third kappa shape index (κ3) is 5.78. The predicted molar refractivity (Wildman–Crippen MR) is 110 cm³/mol. The molecule has 0 unspecified atom stereocenters. The van der Waals surface area contributed by atoms with Crippen molar-refractivity contribution in [1.82, 2.24) is 10.0 Å². The molecule has 1 aliphatic carbocycles. The Hall–Kier alpha value is -2.44. The number of nitrogens with one attached hydrogen (secondary N) is 2. The van der Waals surface area contributed by atoms with E-state index in [1.54, 1.807) is 12.1 Å². The first-order chi connectivity index (χ1) is 13.5. The molecule has 0 saturated heterocycles. The number of sulfonamides is 1. The summed E-state index contributed by atoms with van der Waals surface area (Å²) in [7, 11) is -3.64. The number of hydrogen-bond acceptors (Lipinski definition) is 3. The van der Waals surface area contributed by atoms with Gasteiger partial charge in [-0.25, -0.2) is 13.1 Å². The molecular weight excluding hydrogens is 372 g/mol. The van der Waals surface area contributed by atoms with Gasteiger partial charge >= 0.3 is 0 Å². The number of amides is 1. The van der Waals surface area contributed by atoms with E-state index in [0.717, 1.165) is 24.8 Å². The molecule has 0 radical (unpaired) electrons. The van der Waals surface area contributed by atoms with Crippen LogP contribution in [0.1, 0.15) is 48.0 Å². The SMILES string of the molecule is O=C(NCc1ccccc1)c1cccc(S(=O)(=O)NCCC2=CCCCC2)c1. The second-order valence-electron chi connectivity index (χ2n) is 6.95. The predicted octanol–water partition coefficient (Wildman–Crippen LogP) is 3.79. The minimum atomic E-state index is -3.64. The van der Waals surface area contributed by atoms with Gasteiger partial charge in [-0.3, -0.25) is 4.79 Å². The summed E-state index contributed by atoms with van der Waals surface area (Å²) in [5, 5.41) is 2.82. The van der Waals surface area contributed by atoms with Gasteiger partial charge in [0.25, 0.3) is 5.91 Å². The molecule has 0 saturated carbocycles. The number of benzene rings is 2. The van der Waals surface area contributed by atoms with Crippen LogP contribution in [0.5, 0.6) is 0 Å². The van der Waals surface area contributed by atoms with Crippen LogP contribution in [0.2, 0.25) is 0 Å². The first-order valence-corrected chi connectivity index (χ1v) is 11.1. The topological polar surface area (TPSA) is 75.3 Å². The van der Waals surface area contributed by atoms with Crippen molar-refractivity contribution in [3.8, 4) is 0 Å². The summed E-state index contributed by atoms with van der Waals surface area (Å²) < 4.78 is 27.8. The average molecular weight is 399 g/mol. The highest BCUT2D eigenvalue weighted by Crippen LogP contribution is 2.20. The molecule has 0 spiro atoms. The molecule has 0 fully saturated rings. The summed E-state index contributed by atoms with van der Waals surface area (Å²) in [4.78, 5) is 12.5. The van der Waals surface area contributed by atoms with E-state index in [2.05, 4.69) is 16.1 Å². The Morgan fingerprint density at radius 3 is 2.57 bits per heavy atom. The Kier molecular flexibility index (Phi) is 7.01. The fraction of sp³-hybridized carbons (Fsp3) is 0.318. The van der Waals surface area contributed by atoms with E-state index in [4.69, 9.17) is 0 Å². The number of hydrogen-bond donors (Lipinski definition) is 2. The lowest BCUT2D eigenvalue weighted by molar-refractivity contribution is 0.0950. The zero-order valence-corrected chi connectivity index (χ0v) is 16.7. The molecule has 1 amide bonds. The molecule has 0 heterocycles. The van der Waals surface area contributed by atoms with Crippen molar-refractivity contribution >= 4 is 15.9 Å². The van der Waals surface area contributed by atoms with E-state index in [1.165, 1.54) is 30.5 Å². The summed E-state index contributed by atoms with van der Waals surface area (Å²) in [6.07, 6.45) is 7.49. The molecule has 1 aliphatic rings. The summed E-state index contributed by atoms with van der Waals surface area (Å²) >= 11 is 0. The molecule has 0 bridgehead atoms. The number of carbonyl (C=O) groups excluding carboxylic acids is 1. The van der Waals surface area contributed by atoms with E-state index >= 15 is 0 Å². The average Bonchev–Trinajstić information content (AvgIpc) is 2.73. The molecule has 0 aliphatic heterocycles. The van der Waals surface area contributed by atoms with Gasteiger partial charge in [-0.1, -0.05) is 48.0 Å². The minimum Gasteiger partial charge on any atom is -0.348 e. The van der Waals surface area contributed by atoms with Gasteiger partial charge in [0.1, 0.15) is 0 Å². The third-order valence-electron chi connectivity index (χ3n) is 4.83. The molecule has 3 rings (SSSR count). The smallest absolute Gasteiger partial charge is 0.251 e. The van der Waals surface area contributed by atoms with Crippen LogP contribution in [0.3, 0.4) is 0 Å². The molecule has 2 aromatic carbocycles. The zero-order valence-electron chi connectivity index (χ0n) is 15.9. The molecule has 148 valence electrons. The lowest BCUT2D eigenvalue weighted by atomic mass is 9.97. The molecule has 0 atom stereocenters. The van der Waals surface area contributed by atoms with Gasteiger partial charge in [0.2, 0.25) is 10.0 Å². The molecule has 28 heavy (non-hydrogen) atoms. The number of allylic oxidation sites excluding steroid dienone is 1. The maximum absolute atomic E-state index is 12.6. The van der Waals surface area contributed by atoms with Crippen LogP contribution in [0, 0.1) is 0 Å². The first-order valence-electron chi connectivity index (χ1n) is 9.64. The largest absolute Gasteiger partial charge is 0.348 e. The van der Waals surface area contributed by atoms with Gasteiger partial charge in [0, 0.05) is 18.7 Å². The van der Waals surface area contributed by atoms with Crippen LogP contribution in [0.25, 0.3) is 0 Å². The quantitative estimate of drug-likeness (QED) is 0.665. The van der Waals surface area contributed by atoms with Gasteiger partial charge < -0.3 is 5.32 Å². The van der Waals surface area contributed by atoms with Crippen molar-refractivity contribution in [2.45, 2.75) is 43.5 Å². The van der Waals surface area contributed by atoms with Crippen molar-refractivity contribution in [2.75, 3.05) is 6.54 Å². The standard InChI is InChI=1S/C22H26N2O3S/c25-22(23-17-19-10-5-2-6-11-19)20-12-7-13-21(16-20)28(26,27)24-15-14-18-8-3-1-4-9-18/h2,5-8,10-13,16,24H,1,3-4,9,14-15,17H2,(H,23,25). The number of rotatable bonds is 8. The Morgan fingerprint density at radius 2 is 1.82 bits per heavy atom. The lowest BCUT2D eigenvalue weighted by Crippen LogP contribution is -2.26. The van der Waals surface area contributed by atoms with Crippen LogP contribution in [-0.2, 0) is 16.6 Å². The maximum Gasteiger partial charge on any atom is 0.251 e. The normalized spacial score (nSPS) is 14.4. The van der Waals surface area contributed by atoms with E-state index < -0.39 is 10.0 Å². The molecular formula is C22H26N2O3S. The highest BCUT2D eigenvalue weighted by atomic mass is 32.2. The molecule has 2 aromatic rings. The maximum atomic E-state index is 12.6. The van der Waals surface area contributed by atoms with Crippen molar-refractivity contribution < 1.29 is 13.2 Å². The zero-order chi connectivity index (χ0) is 19.8. The molecule has 0 aromatic heterocycles. The second kappa shape index (κ2) is 9.66. The third-order valence-corrected chi connectivity index (χ3v) is 6.28. The highest BCUT2D eigenvalue weighted by molar-refractivity contribution is 7.89. The van der Waals surface area contributed by atoms with Gasteiger partial charge in [-0.2, -0.15) is 0 Å². The van der Waals surface area contributed by atoms with Gasteiger partial charge in [0.15, 0.2) is 0 Å². The monoisotopic (exact) mass is 398 g/mol. The number of carbonyl (C=O) groups is 1. The molecule has 5 nitrogen and oxygen atoms in total. The van der Waals surface area contributed by atoms with E-state index in [0.29, 0.717) is 18.7 Å². The fourth-order valence-electron chi connectivity index (χ4n) is 3.25. The minimum absolute atomic E-state index is 0.109. The van der Waals surface area contributed by atoms with Crippen molar-refractivity contribution in [3.05, 3.63) is 77.4 Å². The summed E-state index contributed by atoms with van der Waals surface area (Å²) in [6, 6.07) is 15.7. The van der Waals surface area contributed by atoms with E-state index in [9.17, 15) is 13.2 Å². The fourth-order valence-corrected chi connectivity index (χ4v) is 4.32. The summed E-state index contributed by atoms with van der Waals surface area (Å²) in [5.41, 5.74) is 2.63. The Labute approximate surface area is 166 Å². The molecule has 2 N–H and O–H groups in total. The van der Waals surface area contributed by atoms with Crippen LogP contribution >= 0.6 is 0 Å². The Balaban J connectivity index is 1.59. The van der Waals surface area contributed by atoms with Crippen LogP contribution in [-0.4, -0.2) is 20.9 Å².